The summed E-state index contributed by atoms with van der Waals surface area (Å²) >= 11 is 3.37. The van der Waals surface area contributed by atoms with Gasteiger partial charge >= 0.3 is 5.97 Å². The van der Waals surface area contributed by atoms with Crippen LogP contribution in [-0.2, 0) is 20.5 Å². The number of nitrogens with one attached hydrogen (secondary N) is 1. The van der Waals surface area contributed by atoms with E-state index in [1.165, 1.54) is 0 Å². The van der Waals surface area contributed by atoms with Crippen molar-refractivity contribution in [2.24, 2.45) is 5.41 Å². The van der Waals surface area contributed by atoms with Crippen LogP contribution in [0.15, 0.2) is 4.60 Å². The molecule has 0 radical (unpaired) electrons. The van der Waals surface area contributed by atoms with E-state index < -0.39 is 17.0 Å². The average Bonchev–Trinajstić information content (AvgIpc) is 2.99. The number of aryl methyl sites for hydroxylation is 1. The SMILES string of the molecule is CCOC(=O)c1nc(Br)c(C)nc1N1CCC2(CC1)CO[C@@H](C)[C@H]2N[S@@](=O)C(C)(C)C. The van der Waals surface area contributed by atoms with E-state index in [0.717, 1.165) is 18.5 Å². The number of rotatable bonds is 5. The third kappa shape index (κ3) is 5.12. The van der Waals surface area contributed by atoms with Crippen LogP contribution in [0.5, 0.6) is 0 Å². The lowest BCUT2D eigenvalue weighted by Crippen LogP contribution is -2.55. The first kappa shape index (κ1) is 24.5. The number of carbonyl (C=O) groups is 1. The van der Waals surface area contributed by atoms with E-state index in [4.69, 9.17) is 9.47 Å². The molecule has 8 nitrogen and oxygen atoms in total. The van der Waals surface area contributed by atoms with E-state index in [9.17, 15) is 9.00 Å². The van der Waals surface area contributed by atoms with Crippen LogP contribution in [0.2, 0.25) is 0 Å². The summed E-state index contributed by atoms with van der Waals surface area (Å²) in [5.74, 6) is 0.0904. The molecule has 1 aromatic heterocycles. The van der Waals surface area contributed by atoms with Crippen molar-refractivity contribution in [3.63, 3.8) is 0 Å². The molecule has 3 rings (SSSR count). The van der Waals surface area contributed by atoms with E-state index in [1.807, 2.05) is 34.6 Å². The number of anilines is 1. The lowest BCUT2D eigenvalue weighted by molar-refractivity contribution is 0.0519. The molecule has 10 heteroatoms. The Bertz CT molecular complexity index is 853. The van der Waals surface area contributed by atoms with Gasteiger partial charge in [0, 0.05) is 18.5 Å². The van der Waals surface area contributed by atoms with Crippen LogP contribution < -0.4 is 9.62 Å². The Kier molecular flexibility index (Phi) is 7.45. The van der Waals surface area contributed by atoms with E-state index in [1.54, 1.807) is 6.92 Å². The number of nitrogens with zero attached hydrogens (tertiary/aromatic N) is 3. The predicted octanol–water partition coefficient (Wildman–Crippen LogP) is 3.15. The van der Waals surface area contributed by atoms with Gasteiger partial charge in [-0.25, -0.2) is 23.7 Å². The summed E-state index contributed by atoms with van der Waals surface area (Å²) in [5.41, 5.74) is 0.856. The number of aromatic nitrogens is 2. The summed E-state index contributed by atoms with van der Waals surface area (Å²) in [6, 6.07) is 0.0111. The topological polar surface area (TPSA) is 93.7 Å². The Labute approximate surface area is 195 Å². The molecule has 3 atom stereocenters. The fourth-order valence-electron chi connectivity index (χ4n) is 4.16. The molecule has 0 unspecified atom stereocenters. The highest BCUT2D eigenvalue weighted by Crippen LogP contribution is 2.43. The van der Waals surface area contributed by atoms with Crippen molar-refractivity contribution >= 4 is 38.7 Å². The lowest BCUT2D eigenvalue weighted by Gasteiger charge is -2.43. The number of halogens is 1. The summed E-state index contributed by atoms with van der Waals surface area (Å²) < 4.78 is 27.6. The molecule has 2 aliphatic heterocycles. The van der Waals surface area contributed by atoms with Crippen LogP contribution in [-0.4, -0.2) is 63.3 Å². The number of hydrogen-bond acceptors (Lipinski definition) is 7. The van der Waals surface area contributed by atoms with Crippen molar-refractivity contribution in [1.29, 1.82) is 0 Å². The zero-order valence-electron chi connectivity index (χ0n) is 19.2. The molecule has 2 fully saturated rings. The number of piperidine rings is 1. The molecule has 2 aliphatic rings. The van der Waals surface area contributed by atoms with Crippen LogP contribution in [0.4, 0.5) is 5.82 Å². The Morgan fingerprint density at radius 3 is 2.58 bits per heavy atom. The molecule has 1 aromatic rings. The largest absolute Gasteiger partial charge is 0.461 e. The predicted molar refractivity (Wildman–Crippen MR) is 125 cm³/mol. The van der Waals surface area contributed by atoms with Crippen LogP contribution in [0, 0.1) is 12.3 Å². The second-order valence-corrected chi connectivity index (χ2v) is 12.1. The Balaban J connectivity index is 1.81. The summed E-state index contributed by atoms with van der Waals surface area (Å²) in [7, 11) is -1.17. The van der Waals surface area contributed by atoms with Gasteiger partial charge in [0.05, 0.1) is 46.8 Å². The molecular weight excluding hydrogens is 484 g/mol. The highest BCUT2D eigenvalue weighted by molar-refractivity contribution is 9.10. The molecule has 0 aromatic carbocycles. The second-order valence-electron chi connectivity index (χ2n) is 9.33. The van der Waals surface area contributed by atoms with Gasteiger partial charge in [-0.2, -0.15) is 0 Å². The van der Waals surface area contributed by atoms with E-state index in [0.29, 0.717) is 30.1 Å². The fraction of sp³-hybridized carbons (Fsp3) is 0.762. The molecule has 3 heterocycles. The van der Waals surface area contributed by atoms with Crippen LogP contribution >= 0.6 is 15.9 Å². The standard InChI is InChI=1S/C21H33BrN4O4S/c1-7-29-19(27)15-18(23-13(2)17(22)24-15)26-10-8-21(9-11-26)12-30-14(3)16(21)25-31(28)20(4,5)6/h14,16,25H,7-12H2,1-6H3/t14-,16+,31-/m0/s1. The zero-order valence-corrected chi connectivity index (χ0v) is 21.6. The Hall–Kier alpha value is -1.10. The molecule has 0 bridgehead atoms. The van der Waals surface area contributed by atoms with Crippen molar-refractivity contribution in [2.75, 3.05) is 31.2 Å². The Morgan fingerprint density at radius 1 is 1.35 bits per heavy atom. The van der Waals surface area contributed by atoms with E-state index in [2.05, 4.69) is 35.5 Å². The fourth-order valence-corrected chi connectivity index (χ4v) is 5.45. The van der Waals surface area contributed by atoms with Crippen molar-refractivity contribution < 1.29 is 18.5 Å². The van der Waals surface area contributed by atoms with Crippen molar-refractivity contribution in [3.8, 4) is 0 Å². The highest BCUT2D eigenvalue weighted by Gasteiger charge is 2.51. The maximum atomic E-state index is 12.8. The maximum absolute atomic E-state index is 12.8. The first-order valence-electron chi connectivity index (χ1n) is 10.7. The molecule has 0 saturated carbocycles. The molecule has 1 spiro atoms. The van der Waals surface area contributed by atoms with Crippen molar-refractivity contribution in [1.82, 2.24) is 14.7 Å². The summed E-state index contributed by atoms with van der Waals surface area (Å²) in [6.07, 6.45) is 1.67. The molecule has 174 valence electrons. The summed E-state index contributed by atoms with van der Waals surface area (Å²) in [4.78, 5) is 23.7. The van der Waals surface area contributed by atoms with Gasteiger partial charge < -0.3 is 14.4 Å². The molecule has 1 N–H and O–H groups in total. The van der Waals surface area contributed by atoms with Crippen LogP contribution in [0.3, 0.4) is 0 Å². The van der Waals surface area contributed by atoms with Crippen molar-refractivity contribution in [3.05, 3.63) is 16.0 Å². The van der Waals surface area contributed by atoms with Gasteiger partial charge in [-0.05, 0) is 70.3 Å². The first-order valence-corrected chi connectivity index (χ1v) is 12.7. The number of hydrogen-bond donors (Lipinski definition) is 1. The minimum atomic E-state index is -1.17. The summed E-state index contributed by atoms with van der Waals surface area (Å²) in [6.45, 7) is 13.9. The van der Waals surface area contributed by atoms with E-state index >= 15 is 0 Å². The first-order chi connectivity index (χ1) is 14.5. The third-order valence-electron chi connectivity index (χ3n) is 6.07. The lowest BCUT2D eigenvalue weighted by atomic mass is 9.73. The number of ether oxygens (including phenoxy) is 2. The van der Waals surface area contributed by atoms with Gasteiger partial charge in [-0.3, -0.25) is 0 Å². The van der Waals surface area contributed by atoms with Gasteiger partial charge in [-0.1, -0.05) is 0 Å². The normalized spacial score (nSPS) is 24.4. The minimum Gasteiger partial charge on any atom is -0.461 e. The zero-order chi connectivity index (χ0) is 23.0. The number of esters is 1. The second kappa shape index (κ2) is 9.41. The van der Waals surface area contributed by atoms with Gasteiger partial charge in [0.1, 0.15) is 4.60 Å². The van der Waals surface area contributed by atoms with Crippen LogP contribution in [0.1, 0.15) is 63.6 Å². The molecule has 0 amide bonds. The van der Waals surface area contributed by atoms with Gasteiger partial charge in [0.15, 0.2) is 11.5 Å². The molecular formula is C21H33BrN4O4S. The van der Waals surface area contributed by atoms with Crippen LogP contribution in [0.25, 0.3) is 0 Å². The monoisotopic (exact) mass is 516 g/mol. The van der Waals surface area contributed by atoms with E-state index in [-0.39, 0.29) is 34.6 Å². The maximum Gasteiger partial charge on any atom is 0.360 e. The van der Waals surface area contributed by atoms with Gasteiger partial charge in [0.2, 0.25) is 0 Å². The molecule has 2 saturated heterocycles. The quantitative estimate of drug-likeness (QED) is 0.600. The molecule has 0 aliphatic carbocycles. The van der Waals surface area contributed by atoms with Crippen molar-refractivity contribution in [2.45, 2.75) is 71.3 Å². The number of carbonyl (C=O) groups excluding carboxylic acids is 1. The molecule has 31 heavy (non-hydrogen) atoms. The Morgan fingerprint density at radius 2 is 2.00 bits per heavy atom. The summed E-state index contributed by atoms with van der Waals surface area (Å²) in [5, 5.41) is 0. The smallest absolute Gasteiger partial charge is 0.360 e. The average molecular weight is 517 g/mol. The van der Waals surface area contributed by atoms with Gasteiger partial charge in [0.25, 0.3) is 0 Å². The van der Waals surface area contributed by atoms with Gasteiger partial charge in [-0.15, -0.1) is 0 Å². The minimum absolute atomic E-state index is 0.0111. The highest BCUT2D eigenvalue weighted by atomic mass is 79.9. The third-order valence-corrected chi connectivity index (χ3v) is 8.41.